The summed E-state index contributed by atoms with van der Waals surface area (Å²) >= 11 is 0. The summed E-state index contributed by atoms with van der Waals surface area (Å²) < 4.78 is 18.2. The molecule has 1 aromatic carbocycles. The smallest absolute Gasteiger partial charge is 0.212 e. The van der Waals surface area contributed by atoms with Crippen LogP contribution in [-0.4, -0.2) is 18.1 Å². The van der Waals surface area contributed by atoms with Crippen molar-refractivity contribution in [2.75, 3.05) is 7.11 Å². The molecule has 1 atom stereocenters. The summed E-state index contributed by atoms with van der Waals surface area (Å²) in [7, 11) is 1.58. The van der Waals surface area contributed by atoms with Crippen molar-refractivity contribution in [3.63, 3.8) is 0 Å². The number of nitrogens with zero attached hydrogens (tertiary/aromatic N) is 1. The van der Waals surface area contributed by atoms with Crippen LogP contribution in [0.25, 0.3) is 0 Å². The van der Waals surface area contributed by atoms with Gasteiger partial charge in [0.2, 0.25) is 5.88 Å². The number of nitrogens with one attached hydrogen (secondary N) is 1. The van der Waals surface area contributed by atoms with E-state index in [0.717, 1.165) is 11.1 Å². The highest BCUT2D eigenvalue weighted by Crippen LogP contribution is 2.12. The topological polar surface area (TPSA) is 60.2 Å². The fraction of sp³-hybridized carbons (Fsp3) is 0.267. The molecule has 2 rings (SSSR count). The highest BCUT2D eigenvalue weighted by atomic mass is 19.1. The number of pyridine rings is 1. The number of hydrazine groups is 1. The minimum Gasteiger partial charge on any atom is -0.481 e. The molecular weight excluding hydrogens is 257 g/mol. The first-order valence-electron chi connectivity index (χ1n) is 6.40. The molecule has 3 N–H and O–H groups in total. The average molecular weight is 275 g/mol. The summed E-state index contributed by atoms with van der Waals surface area (Å²) in [5.41, 5.74) is 4.72. The van der Waals surface area contributed by atoms with Crippen molar-refractivity contribution in [3.05, 3.63) is 59.5 Å². The van der Waals surface area contributed by atoms with Gasteiger partial charge in [0.25, 0.3) is 0 Å². The predicted molar refractivity (Wildman–Crippen MR) is 75.7 cm³/mol. The van der Waals surface area contributed by atoms with E-state index < -0.39 is 0 Å². The van der Waals surface area contributed by atoms with Crippen molar-refractivity contribution in [2.45, 2.75) is 18.9 Å². The molecule has 1 heterocycles. The summed E-state index contributed by atoms with van der Waals surface area (Å²) in [4.78, 5) is 4.15. The lowest BCUT2D eigenvalue weighted by atomic mass is 10.0. The zero-order chi connectivity index (χ0) is 14.4. The molecule has 0 saturated carbocycles. The van der Waals surface area contributed by atoms with Crippen LogP contribution in [0.5, 0.6) is 5.88 Å². The molecule has 0 saturated heterocycles. The van der Waals surface area contributed by atoms with Crippen molar-refractivity contribution >= 4 is 0 Å². The lowest BCUT2D eigenvalue weighted by Crippen LogP contribution is -2.38. The average Bonchev–Trinajstić information content (AvgIpc) is 2.47. The van der Waals surface area contributed by atoms with Crippen molar-refractivity contribution in [1.29, 1.82) is 0 Å². The minimum atomic E-state index is -0.232. The molecule has 0 bridgehead atoms. The molecule has 0 amide bonds. The van der Waals surface area contributed by atoms with E-state index >= 15 is 0 Å². The van der Waals surface area contributed by atoms with Crippen LogP contribution in [-0.2, 0) is 12.8 Å². The van der Waals surface area contributed by atoms with Gasteiger partial charge in [-0.2, -0.15) is 0 Å². The molecule has 1 aromatic heterocycles. The second-order valence-electron chi connectivity index (χ2n) is 4.61. The fourth-order valence-electron chi connectivity index (χ4n) is 2.08. The Morgan fingerprint density at radius 1 is 1.25 bits per heavy atom. The first kappa shape index (κ1) is 14.4. The van der Waals surface area contributed by atoms with Crippen molar-refractivity contribution in [1.82, 2.24) is 10.4 Å². The number of ether oxygens (including phenoxy) is 1. The lowest BCUT2D eigenvalue weighted by molar-refractivity contribution is 0.397. The molecule has 0 aliphatic heterocycles. The third-order valence-corrected chi connectivity index (χ3v) is 3.10. The van der Waals surface area contributed by atoms with Gasteiger partial charge in [0.05, 0.1) is 7.11 Å². The summed E-state index contributed by atoms with van der Waals surface area (Å²) in [5.74, 6) is 5.92. The van der Waals surface area contributed by atoms with Crippen molar-refractivity contribution in [3.8, 4) is 5.88 Å². The Balaban J connectivity index is 2.01. The molecule has 1 unspecified atom stereocenters. The predicted octanol–water partition coefficient (Wildman–Crippen LogP) is 1.85. The Labute approximate surface area is 117 Å². The number of hydrogen-bond acceptors (Lipinski definition) is 4. The van der Waals surface area contributed by atoms with Gasteiger partial charge in [-0.05, 0) is 36.1 Å². The Morgan fingerprint density at radius 2 is 2.05 bits per heavy atom. The molecule has 0 fully saturated rings. The summed E-state index contributed by atoms with van der Waals surface area (Å²) in [6.45, 7) is 0. The van der Waals surface area contributed by atoms with E-state index in [1.54, 1.807) is 19.4 Å². The standard InChI is InChI=1S/C15H18FN3O/c1-20-15-6-5-12(10-18-15)9-14(19-17)8-11-3-2-4-13(16)7-11/h2-7,10,14,19H,8-9,17H2,1H3. The lowest BCUT2D eigenvalue weighted by Gasteiger charge is -2.16. The number of aromatic nitrogens is 1. The summed E-state index contributed by atoms with van der Waals surface area (Å²) in [6, 6.07) is 10.3. The minimum absolute atomic E-state index is 0.0204. The third-order valence-electron chi connectivity index (χ3n) is 3.10. The number of rotatable bonds is 6. The Hall–Kier alpha value is -1.98. The maximum absolute atomic E-state index is 13.2. The highest BCUT2D eigenvalue weighted by Gasteiger charge is 2.10. The Bertz CT molecular complexity index is 545. The van der Waals surface area contributed by atoms with E-state index in [1.165, 1.54) is 12.1 Å². The van der Waals surface area contributed by atoms with Crippen LogP contribution >= 0.6 is 0 Å². The molecule has 0 radical (unpaired) electrons. The van der Waals surface area contributed by atoms with Gasteiger partial charge < -0.3 is 4.74 Å². The SMILES string of the molecule is COc1ccc(CC(Cc2cccc(F)c2)NN)cn1. The maximum atomic E-state index is 13.2. The quantitative estimate of drug-likeness (QED) is 0.624. The van der Waals surface area contributed by atoms with Crippen LogP contribution in [0.2, 0.25) is 0 Å². The van der Waals surface area contributed by atoms with E-state index in [-0.39, 0.29) is 11.9 Å². The molecular formula is C15H18FN3O. The summed E-state index contributed by atoms with van der Waals surface area (Å²) in [5, 5.41) is 0. The number of hydrogen-bond donors (Lipinski definition) is 2. The zero-order valence-corrected chi connectivity index (χ0v) is 11.3. The van der Waals surface area contributed by atoms with E-state index in [4.69, 9.17) is 10.6 Å². The van der Waals surface area contributed by atoms with Gasteiger partial charge in [0, 0.05) is 18.3 Å². The molecule has 0 aliphatic rings. The van der Waals surface area contributed by atoms with Gasteiger partial charge in [-0.1, -0.05) is 18.2 Å². The van der Waals surface area contributed by atoms with Crippen molar-refractivity contribution in [2.24, 2.45) is 5.84 Å². The maximum Gasteiger partial charge on any atom is 0.212 e. The van der Waals surface area contributed by atoms with Gasteiger partial charge in [0.15, 0.2) is 0 Å². The van der Waals surface area contributed by atoms with Crippen molar-refractivity contribution < 1.29 is 9.13 Å². The van der Waals surface area contributed by atoms with Crippen LogP contribution in [0.1, 0.15) is 11.1 Å². The molecule has 106 valence electrons. The van der Waals surface area contributed by atoms with E-state index in [1.807, 2.05) is 18.2 Å². The second kappa shape index (κ2) is 6.98. The van der Waals surface area contributed by atoms with Gasteiger partial charge in [0.1, 0.15) is 5.82 Å². The Kier molecular flexibility index (Phi) is 5.03. The molecule has 20 heavy (non-hydrogen) atoms. The molecule has 4 nitrogen and oxygen atoms in total. The first-order valence-corrected chi connectivity index (χ1v) is 6.40. The number of nitrogens with two attached hydrogens (primary N) is 1. The molecule has 0 aliphatic carbocycles. The normalized spacial score (nSPS) is 12.2. The van der Waals surface area contributed by atoms with Gasteiger partial charge in [-0.25, -0.2) is 9.37 Å². The molecule has 5 heteroatoms. The zero-order valence-electron chi connectivity index (χ0n) is 11.3. The second-order valence-corrected chi connectivity index (χ2v) is 4.61. The molecule has 0 spiro atoms. The number of halogens is 1. The first-order chi connectivity index (χ1) is 9.71. The molecule has 2 aromatic rings. The van der Waals surface area contributed by atoms with E-state index in [0.29, 0.717) is 18.7 Å². The van der Waals surface area contributed by atoms with Crippen LogP contribution in [0.15, 0.2) is 42.6 Å². The Morgan fingerprint density at radius 3 is 2.65 bits per heavy atom. The van der Waals surface area contributed by atoms with Gasteiger partial charge in [-0.3, -0.25) is 11.3 Å². The van der Waals surface area contributed by atoms with Crippen LogP contribution in [0.3, 0.4) is 0 Å². The van der Waals surface area contributed by atoms with Crippen LogP contribution in [0, 0.1) is 5.82 Å². The van der Waals surface area contributed by atoms with Gasteiger partial charge >= 0.3 is 0 Å². The summed E-state index contributed by atoms with van der Waals surface area (Å²) in [6.07, 6.45) is 3.12. The monoisotopic (exact) mass is 275 g/mol. The third kappa shape index (κ3) is 4.01. The van der Waals surface area contributed by atoms with E-state index in [9.17, 15) is 4.39 Å². The fourth-order valence-corrected chi connectivity index (χ4v) is 2.08. The highest BCUT2D eigenvalue weighted by molar-refractivity contribution is 5.21. The van der Waals surface area contributed by atoms with Crippen LogP contribution < -0.4 is 16.0 Å². The number of methoxy groups -OCH3 is 1. The van der Waals surface area contributed by atoms with E-state index in [2.05, 4.69) is 10.4 Å². The number of benzene rings is 1. The van der Waals surface area contributed by atoms with Gasteiger partial charge in [-0.15, -0.1) is 0 Å². The largest absolute Gasteiger partial charge is 0.481 e. The van der Waals surface area contributed by atoms with Crippen LogP contribution in [0.4, 0.5) is 4.39 Å².